The van der Waals surface area contributed by atoms with Crippen molar-refractivity contribution in [1.82, 2.24) is 13.9 Å². The Morgan fingerprint density at radius 2 is 2.00 bits per heavy atom. The predicted molar refractivity (Wildman–Crippen MR) is 126 cm³/mol. The number of fused-ring (bicyclic) bond motifs is 1. The van der Waals surface area contributed by atoms with E-state index < -0.39 is 16.0 Å². The van der Waals surface area contributed by atoms with Crippen molar-refractivity contribution in [2.24, 2.45) is 7.05 Å². The Morgan fingerprint density at radius 3 is 2.70 bits per heavy atom. The molecule has 1 saturated heterocycles. The number of halogens is 2. The molecule has 176 valence electrons. The third kappa shape index (κ3) is 4.41. The molecule has 33 heavy (non-hydrogen) atoms. The summed E-state index contributed by atoms with van der Waals surface area (Å²) in [5, 5.41) is 3.15. The van der Waals surface area contributed by atoms with Gasteiger partial charge in [0.05, 0.1) is 46.3 Å². The van der Waals surface area contributed by atoms with E-state index in [2.05, 4.69) is 15.0 Å². The highest BCUT2D eigenvalue weighted by Crippen LogP contribution is 2.37. The number of anilines is 3. The second kappa shape index (κ2) is 8.90. The van der Waals surface area contributed by atoms with E-state index in [1.54, 1.807) is 26.1 Å². The van der Waals surface area contributed by atoms with E-state index in [0.717, 1.165) is 6.07 Å². The van der Waals surface area contributed by atoms with Gasteiger partial charge >= 0.3 is 10.2 Å². The largest absolute Gasteiger partial charge is 0.380 e. The molecule has 9 nitrogen and oxygen atoms in total. The van der Waals surface area contributed by atoms with Crippen molar-refractivity contribution in [1.29, 1.82) is 0 Å². The van der Waals surface area contributed by atoms with Gasteiger partial charge in [-0.05, 0) is 43.2 Å². The quantitative estimate of drug-likeness (QED) is 0.544. The van der Waals surface area contributed by atoms with Crippen molar-refractivity contribution in [3.63, 3.8) is 0 Å². The third-order valence-corrected chi connectivity index (χ3v) is 7.66. The van der Waals surface area contributed by atoms with E-state index in [1.807, 2.05) is 0 Å². The van der Waals surface area contributed by atoms with Gasteiger partial charge in [0.2, 0.25) is 0 Å². The number of ether oxygens (including phenoxy) is 1. The smallest absolute Gasteiger partial charge is 0.301 e. The number of aryl methyl sites for hydroxylation is 2. The molecule has 0 saturated carbocycles. The van der Waals surface area contributed by atoms with Gasteiger partial charge in [-0.1, -0.05) is 11.6 Å². The summed E-state index contributed by atoms with van der Waals surface area (Å²) < 4.78 is 50.5. The molecular formula is C21H23ClFN5O4S. The molecule has 2 N–H and O–H groups in total. The summed E-state index contributed by atoms with van der Waals surface area (Å²) in [6.45, 7) is 2.50. The third-order valence-electron chi connectivity index (χ3n) is 5.74. The van der Waals surface area contributed by atoms with Crippen LogP contribution in [0.1, 0.15) is 12.0 Å². The Hall–Kier alpha value is -2.73. The van der Waals surface area contributed by atoms with Crippen molar-refractivity contribution in [2.75, 3.05) is 30.3 Å². The van der Waals surface area contributed by atoms with Crippen molar-refractivity contribution in [3.8, 4) is 0 Å². The van der Waals surface area contributed by atoms with Gasteiger partial charge in [0.15, 0.2) is 0 Å². The lowest BCUT2D eigenvalue weighted by molar-refractivity contribution is 0.181. The minimum absolute atomic E-state index is 0.0161. The maximum Gasteiger partial charge on any atom is 0.301 e. The van der Waals surface area contributed by atoms with E-state index >= 15 is 0 Å². The molecule has 0 radical (unpaired) electrons. The summed E-state index contributed by atoms with van der Waals surface area (Å²) in [7, 11) is -0.911. The van der Waals surface area contributed by atoms with Crippen LogP contribution in [0.25, 0.3) is 10.9 Å². The Kier molecular flexibility index (Phi) is 6.32. The lowest BCUT2D eigenvalue weighted by atomic mass is 10.1. The fraction of sp³-hybridized carbons (Fsp3) is 0.333. The van der Waals surface area contributed by atoms with Crippen LogP contribution in [0.3, 0.4) is 0 Å². The summed E-state index contributed by atoms with van der Waals surface area (Å²) in [5.74, 6) is -0.681. The van der Waals surface area contributed by atoms with Gasteiger partial charge in [0, 0.05) is 26.4 Å². The lowest BCUT2D eigenvalue weighted by Gasteiger charge is -2.24. The molecule has 1 fully saturated rings. The molecule has 0 bridgehead atoms. The molecule has 0 spiro atoms. The van der Waals surface area contributed by atoms with E-state index in [4.69, 9.17) is 16.3 Å². The van der Waals surface area contributed by atoms with Crippen LogP contribution in [0.2, 0.25) is 5.02 Å². The molecule has 1 unspecified atom stereocenters. The number of aromatic nitrogens is 2. The number of benzene rings is 2. The molecule has 2 heterocycles. The maximum absolute atomic E-state index is 14.7. The number of hydrogen-bond donors (Lipinski definition) is 2. The van der Waals surface area contributed by atoms with Gasteiger partial charge in [-0.3, -0.25) is 9.52 Å². The maximum atomic E-state index is 14.7. The standard InChI is InChI=1S/C21H23ClFN5O4S/c1-12-15(6-7-16-18(12)21(29)27(2)11-24-16)25-20-14(23)4-5-17(19(20)22)26-33(30,31)28(3)13-8-9-32-10-13/h4-7,11,13,25-26H,8-10H2,1-3H3. The number of rotatable bonds is 6. The Labute approximate surface area is 195 Å². The van der Waals surface area contributed by atoms with Crippen LogP contribution < -0.4 is 15.6 Å². The molecule has 4 rings (SSSR count). The van der Waals surface area contributed by atoms with Crippen molar-refractivity contribution in [2.45, 2.75) is 19.4 Å². The monoisotopic (exact) mass is 495 g/mol. The normalized spacial score (nSPS) is 16.5. The summed E-state index contributed by atoms with van der Waals surface area (Å²) in [6.07, 6.45) is 2.01. The fourth-order valence-electron chi connectivity index (χ4n) is 3.68. The summed E-state index contributed by atoms with van der Waals surface area (Å²) >= 11 is 6.41. The topological polar surface area (TPSA) is 106 Å². The SMILES string of the molecule is Cc1c(Nc2c(F)ccc(NS(=O)(=O)N(C)C3CCOC3)c2Cl)ccc2ncn(C)c(=O)c12. The van der Waals surface area contributed by atoms with Crippen LogP contribution in [0, 0.1) is 12.7 Å². The average molecular weight is 496 g/mol. The van der Waals surface area contributed by atoms with E-state index in [-0.39, 0.29) is 28.0 Å². The Morgan fingerprint density at radius 1 is 1.27 bits per heavy atom. The van der Waals surface area contributed by atoms with Crippen LogP contribution in [-0.4, -0.2) is 48.6 Å². The molecule has 1 aromatic heterocycles. The highest BCUT2D eigenvalue weighted by molar-refractivity contribution is 7.90. The summed E-state index contributed by atoms with van der Waals surface area (Å²) in [4.78, 5) is 16.8. The highest BCUT2D eigenvalue weighted by Gasteiger charge is 2.30. The van der Waals surface area contributed by atoms with Gasteiger partial charge in [-0.25, -0.2) is 9.37 Å². The van der Waals surface area contributed by atoms with Gasteiger partial charge < -0.3 is 14.6 Å². The number of nitrogens with one attached hydrogen (secondary N) is 2. The van der Waals surface area contributed by atoms with Crippen LogP contribution in [0.4, 0.5) is 21.5 Å². The first kappa shape index (κ1) is 23.4. The van der Waals surface area contributed by atoms with E-state index in [1.165, 1.54) is 28.3 Å². The first-order valence-electron chi connectivity index (χ1n) is 10.1. The molecule has 1 aliphatic heterocycles. The van der Waals surface area contributed by atoms with Gasteiger partial charge in [0.25, 0.3) is 5.56 Å². The molecule has 1 aliphatic rings. The van der Waals surface area contributed by atoms with Gasteiger partial charge in [0.1, 0.15) is 5.82 Å². The first-order valence-corrected chi connectivity index (χ1v) is 12.0. The van der Waals surface area contributed by atoms with Gasteiger partial charge in [-0.15, -0.1) is 0 Å². The van der Waals surface area contributed by atoms with E-state index in [0.29, 0.717) is 41.8 Å². The molecule has 0 aliphatic carbocycles. The molecule has 2 aromatic carbocycles. The van der Waals surface area contributed by atoms with Gasteiger partial charge in [-0.2, -0.15) is 12.7 Å². The number of hydrogen-bond acceptors (Lipinski definition) is 6. The second-order valence-electron chi connectivity index (χ2n) is 7.84. The molecular weight excluding hydrogens is 473 g/mol. The summed E-state index contributed by atoms with van der Waals surface area (Å²) in [6, 6.07) is 5.37. The molecule has 12 heteroatoms. The van der Waals surface area contributed by atoms with Crippen LogP contribution in [0.15, 0.2) is 35.4 Å². The van der Waals surface area contributed by atoms with Crippen molar-refractivity contribution >= 4 is 49.8 Å². The van der Waals surface area contributed by atoms with Crippen LogP contribution in [-0.2, 0) is 22.0 Å². The fourth-order valence-corrected chi connectivity index (χ4v) is 5.14. The number of nitrogens with zero attached hydrogens (tertiary/aromatic N) is 3. The lowest BCUT2D eigenvalue weighted by Crippen LogP contribution is -2.40. The van der Waals surface area contributed by atoms with Crippen molar-refractivity contribution < 1.29 is 17.5 Å². The molecule has 3 aromatic rings. The Bertz CT molecular complexity index is 1390. The predicted octanol–water partition coefficient (Wildman–Crippen LogP) is 3.16. The number of likely N-dealkylation sites (N-methyl/N-ethyl adjacent to an activating group) is 1. The Balaban J connectivity index is 1.69. The summed E-state index contributed by atoms with van der Waals surface area (Å²) in [5.41, 5.74) is 1.16. The molecule has 0 amide bonds. The minimum atomic E-state index is -3.95. The zero-order valence-corrected chi connectivity index (χ0v) is 19.8. The van der Waals surface area contributed by atoms with Crippen molar-refractivity contribution in [3.05, 3.63) is 57.3 Å². The minimum Gasteiger partial charge on any atom is -0.380 e. The van der Waals surface area contributed by atoms with Crippen LogP contribution in [0.5, 0.6) is 0 Å². The zero-order valence-electron chi connectivity index (χ0n) is 18.2. The zero-order chi connectivity index (χ0) is 23.9. The van der Waals surface area contributed by atoms with Crippen LogP contribution >= 0.6 is 11.6 Å². The first-order chi connectivity index (χ1) is 15.6. The molecule has 1 atom stereocenters. The highest BCUT2D eigenvalue weighted by atomic mass is 35.5. The second-order valence-corrected chi connectivity index (χ2v) is 9.95. The average Bonchev–Trinajstić information content (AvgIpc) is 3.31. The van der Waals surface area contributed by atoms with E-state index in [9.17, 15) is 17.6 Å².